The Balaban J connectivity index is 1.87. The van der Waals surface area contributed by atoms with Crippen LogP contribution in [0.5, 0.6) is 5.75 Å². The lowest BCUT2D eigenvalue weighted by atomic mass is 9.79. The molecule has 1 saturated carbocycles. The van der Waals surface area contributed by atoms with E-state index in [1.807, 2.05) is 13.8 Å². The first kappa shape index (κ1) is 25.3. The second-order valence-corrected chi connectivity index (χ2v) is 9.50. The molecule has 4 heteroatoms. The van der Waals surface area contributed by atoms with Gasteiger partial charge in [-0.3, -0.25) is 0 Å². The van der Waals surface area contributed by atoms with Crippen LogP contribution < -0.4 is 4.74 Å². The van der Waals surface area contributed by atoms with Gasteiger partial charge in [-0.15, -0.1) is 0 Å². The fraction of sp³-hybridized carbons (Fsp3) is 0.556. The van der Waals surface area contributed by atoms with E-state index in [1.165, 1.54) is 6.08 Å². The van der Waals surface area contributed by atoms with Crippen molar-refractivity contribution in [2.75, 3.05) is 6.61 Å². The molecule has 0 amide bonds. The van der Waals surface area contributed by atoms with Crippen molar-refractivity contribution in [3.63, 3.8) is 0 Å². The number of rotatable bonds is 10. The van der Waals surface area contributed by atoms with Gasteiger partial charge in [0.15, 0.2) is 11.6 Å². The second kappa shape index (κ2) is 11.6. The molecule has 2 atom stereocenters. The van der Waals surface area contributed by atoms with Crippen LogP contribution in [0.15, 0.2) is 48.3 Å². The Hall–Kier alpha value is -1.97. The predicted octanol–water partition coefficient (Wildman–Crippen LogP) is 8.68. The summed E-state index contributed by atoms with van der Waals surface area (Å²) in [5.41, 5.74) is 1.57. The minimum absolute atomic E-state index is 0.0234. The predicted molar refractivity (Wildman–Crippen MR) is 123 cm³/mol. The van der Waals surface area contributed by atoms with Gasteiger partial charge in [-0.1, -0.05) is 58.4 Å². The first-order chi connectivity index (χ1) is 14.6. The van der Waals surface area contributed by atoms with Gasteiger partial charge in [0.2, 0.25) is 5.82 Å². The molecule has 2 rings (SSSR count). The van der Waals surface area contributed by atoms with E-state index in [-0.39, 0.29) is 35.9 Å². The molecule has 0 aromatic heterocycles. The summed E-state index contributed by atoms with van der Waals surface area (Å²) in [4.78, 5) is 0. The zero-order valence-electron chi connectivity index (χ0n) is 19.4. The fourth-order valence-corrected chi connectivity index (χ4v) is 4.11. The maximum absolute atomic E-state index is 14.7. The number of benzene rings is 1. The Morgan fingerprint density at radius 1 is 1.10 bits per heavy atom. The van der Waals surface area contributed by atoms with Crippen LogP contribution in [-0.2, 0) is 0 Å². The summed E-state index contributed by atoms with van der Waals surface area (Å²) in [6, 6.07) is 3.24. The maximum Gasteiger partial charge on any atom is 0.200 e. The van der Waals surface area contributed by atoms with Gasteiger partial charge in [0, 0.05) is 0 Å². The van der Waals surface area contributed by atoms with Crippen molar-refractivity contribution in [2.24, 2.45) is 17.8 Å². The molecule has 1 fully saturated rings. The van der Waals surface area contributed by atoms with Crippen molar-refractivity contribution in [3.05, 3.63) is 65.5 Å². The Kier molecular flexibility index (Phi) is 9.46. The number of allylic oxidation sites excluding steroid dienone is 4. The summed E-state index contributed by atoms with van der Waals surface area (Å²) in [5, 5.41) is 0. The van der Waals surface area contributed by atoms with E-state index < -0.39 is 11.6 Å². The Labute approximate surface area is 186 Å². The monoisotopic (exact) mass is 434 g/mol. The molecule has 2 unspecified atom stereocenters. The fourth-order valence-electron chi connectivity index (χ4n) is 4.11. The minimum Gasteiger partial charge on any atom is -0.490 e. The molecule has 0 N–H and O–H groups in total. The zero-order chi connectivity index (χ0) is 23.1. The summed E-state index contributed by atoms with van der Waals surface area (Å²) in [6.45, 7) is 15.7. The standard InChI is InChI=1S/C27H37F3O/c1-17(2)15-24(28)21(6)20(5)10-7-19(4)16-31-25-14-13-23(26(29)27(25)30)22-11-8-18(3)9-12-22/h13-15,18-20,22H,1,6-12,16H2,2-5H3/b24-15+. The van der Waals surface area contributed by atoms with Crippen LogP contribution in [0.1, 0.15) is 77.7 Å². The molecule has 0 radical (unpaired) electrons. The van der Waals surface area contributed by atoms with Crippen molar-refractivity contribution in [3.8, 4) is 5.75 Å². The summed E-state index contributed by atoms with van der Waals surface area (Å²) in [5.74, 6) is -1.19. The van der Waals surface area contributed by atoms with Crippen LogP contribution in [0, 0.1) is 29.4 Å². The molecular formula is C27H37F3O. The van der Waals surface area contributed by atoms with Crippen LogP contribution in [-0.4, -0.2) is 6.61 Å². The molecule has 1 aromatic rings. The van der Waals surface area contributed by atoms with E-state index >= 15 is 0 Å². The van der Waals surface area contributed by atoms with Crippen LogP contribution in [0.25, 0.3) is 0 Å². The van der Waals surface area contributed by atoms with Gasteiger partial charge < -0.3 is 4.74 Å². The van der Waals surface area contributed by atoms with Crippen LogP contribution >= 0.6 is 0 Å². The van der Waals surface area contributed by atoms with Crippen LogP contribution in [0.4, 0.5) is 13.2 Å². The number of hydrogen-bond acceptors (Lipinski definition) is 1. The molecule has 31 heavy (non-hydrogen) atoms. The van der Waals surface area contributed by atoms with Gasteiger partial charge in [-0.25, -0.2) is 8.78 Å². The second-order valence-electron chi connectivity index (χ2n) is 9.50. The average Bonchev–Trinajstić information content (AvgIpc) is 2.72. The average molecular weight is 435 g/mol. The first-order valence-electron chi connectivity index (χ1n) is 11.4. The SMILES string of the molecule is C=C(C)/C=C(/F)C(=C)C(C)CCC(C)COc1ccc(C2CCC(C)CC2)c(F)c1F. The van der Waals surface area contributed by atoms with Crippen LogP contribution in [0.3, 0.4) is 0 Å². The molecule has 0 spiro atoms. The quantitative estimate of drug-likeness (QED) is 0.335. The summed E-state index contributed by atoms with van der Waals surface area (Å²) in [6.07, 6.45) is 6.80. The van der Waals surface area contributed by atoms with E-state index in [2.05, 4.69) is 20.1 Å². The van der Waals surface area contributed by atoms with Crippen molar-refractivity contribution in [1.82, 2.24) is 0 Å². The largest absolute Gasteiger partial charge is 0.490 e. The molecular weight excluding hydrogens is 397 g/mol. The van der Waals surface area contributed by atoms with Gasteiger partial charge in [0.05, 0.1) is 6.61 Å². The van der Waals surface area contributed by atoms with Crippen molar-refractivity contribution in [2.45, 2.75) is 72.1 Å². The molecule has 1 aliphatic rings. The maximum atomic E-state index is 14.7. The third-order valence-corrected chi connectivity index (χ3v) is 6.42. The highest BCUT2D eigenvalue weighted by Crippen LogP contribution is 2.38. The summed E-state index contributed by atoms with van der Waals surface area (Å²) < 4.78 is 48.9. The zero-order valence-corrected chi connectivity index (χ0v) is 19.4. The van der Waals surface area contributed by atoms with E-state index in [0.29, 0.717) is 22.6 Å². The number of ether oxygens (including phenoxy) is 1. The lowest BCUT2D eigenvalue weighted by Gasteiger charge is -2.27. The third kappa shape index (κ3) is 7.29. The van der Waals surface area contributed by atoms with E-state index in [0.717, 1.165) is 38.5 Å². The minimum atomic E-state index is -0.892. The number of halogens is 3. The van der Waals surface area contributed by atoms with Crippen molar-refractivity contribution >= 4 is 0 Å². The molecule has 0 heterocycles. The van der Waals surface area contributed by atoms with Gasteiger partial charge in [-0.2, -0.15) is 4.39 Å². The van der Waals surface area contributed by atoms with Gasteiger partial charge in [-0.05, 0) is 79.6 Å². The third-order valence-electron chi connectivity index (χ3n) is 6.42. The van der Waals surface area contributed by atoms with Gasteiger partial charge in [0.25, 0.3) is 0 Å². The van der Waals surface area contributed by atoms with E-state index in [1.54, 1.807) is 19.1 Å². The normalized spacial score (nSPS) is 21.5. The van der Waals surface area contributed by atoms with Crippen molar-refractivity contribution in [1.29, 1.82) is 0 Å². The number of hydrogen-bond donors (Lipinski definition) is 0. The topological polar surface area (TPSA) is 9.23 Å². The highest BCUT2D eigenvalue weighted by Gasteiger charge is 2.25. The Morgan fingerprint density at radius 2 is 1.74 bits per heavy atom. The molecule has 172 valence electrons. The summed E-state index contributed by atoms with van der Waals surface area (Å²) >= 11 is 0. The lowest BCUT2D eigenvalue weighted by Crippen LogP contribution is -2.14. The van der Waals surface area contributed by atoms with E-state index in [9.17, 15) is 13.2 Å². The molecule has 1 aromatic carbocycles. The first-order valence-corrected chi connectivity index (χ1v) is 11.4. The Morgan fingerprint density at radius 3 is 2.35 bits per heavy atom. The highest BCUT2D eigenvalue weighted by atomic mass is 19.2. The molecule has 1 nitrogen and oxygen atoms in total. The Bertz CT molecular complexity index is 803. The summed E-state index contributed by atoms with van der Waals surface area (Å²) in [7, 11) is 0. The molecule has 1 aliphatic carbocycles. The van der Waals surface area contributed by atoms with Gasteiger partial charge >= 0.3 is 0 Å². The lowest BCUT2D eigenvalue weighted by molar-refractivity contribution is 0.233. The smallest absolute Gasteiger partial charge is 0.200 e. The molecule has 0 bridgehead atoms. The van der Waals surface area contributed by atoms with Crippen molar-refractivity contribution < 1.29 is 17.9 Å². The highest BCUT2D eigenvalue weighted by molar-refractivity contribution is 5.33. The van der Waals surface area contributed by atoms with E-state index in [4.69, 9.17) is 4.74 Å². The van der Waals surface area contributed by atoms with Crippen LogP contribution in [0.2, 0.25) is 0 Å². The van der Waals surface area contributed by atoms with Gasteiger partial charge in [0.1, 0.15) is 5.83 Å². The molecule has 0 saturated heterocycles. The molecule has 0 aliphatic heterocycles.